The predicted molar refractivity (Wildman–Crippen MR) is 84.0 cm³/mol. The van der Waals surface area contributed by atoms with Gasteiger partial charge < -0.3 is 11.1 Å². The highest BCUT2D eigenvalue weighted by atomic mass is 32.1. The van der Waals surface area contributed by atoms with Crippen LogP contribution < -0.4 is 11.1 Å². The van der Waals surface area contributed by atoms with Crippen LogP contribution in [-0.2, 0) is 4.79 Å². The van der Waals surface area contributed by atoms with Crippen molar-refractivity contribution < 1.29 is 4.79 Å². The van der Waals surface area contributed by atoms with Crippen LogP contribution in [0.25, 0.3) is 0 Å². The summed E-state index contributed by atoms with van der Waals surface area (Å²) < 4.78 is 0. The Morgan fingerprint density at radius 2 is 1.84 bits per heavy atom. The molecule has 0 bridgehead atoms. The largest absolute Gasteiger partial charge is 0.392 e. The molecule has 1 saturated carbocycles. The van der Waals surface area contributed by atoms with E-state index in [4.69, 9.17) is 18.0 Å². The zero-order chi connectivity index (χ0) is 14.3. The second-order valence-corrected chi connectivity index (χ2v) is 6.42. The van der Waals surface area contributed by atoms with E-state index in [1.807, 2.05) is 0 Å². The maximum absolute atomic E-state index is 12.2. The lowest BCUT2D eigenvalue weighted by atomic mass is 9.62. The van der Waals surface area contributed by atoms with Gasteiger partial charge in [0.2, 0.25) is 5.91 Å². The summed E-state index contributed by atoms with van der Waals surface area (Å²) in [6, 6.07) is 0. The van der Waals surface area contributed by atoms with Crippen molar-refractivity contribution in [2.24, 2.45) is 17.1 Å². The fraction of sp³-hybridized carbons (Fsp3) is 0.867. The number of rotatable bonds is 9. The molecule has 1 amide bonds. The fourth-order valence-electron chi connectivity index (χ4n) is 2.90. The van der Waals surface area contributed by atoms with Gasteiger partial charge in [0.1, 0.15) is 0 Å². The Balaban J connectivity index is 2.18. The summed E-state index contributed by atoms with van der Waals surface area (Å²) in [5.74, 6) is 0.605. The molecular weight excluding hydrogens is 256 g/mol. The summed E-state index contributed by atoms with van der Waals surface area (Å²) >= 11 is 5.08. The number of amides is 1. The summed E-state index contributed by atoms with van der Waals surface area (Å²) in [5.41, 5.74) is 5.21. The van der Waals surface area contributed by atoms with Crippen molar-refractivity contribution in [1.82, 2.24) is 5.32 Å². The first-order valence-electron chi connectivity index (χ1n) is 7.61. The van der Waals surface area contributed by atoms with Crippen molar-refractivity contribution in [2.45, 2.75) is 65.2 Å². The van der Waals surface area contributed by atoms with Gasteiger partial charge in [0.15, 0.2) is 0 Å². The maximum atomic E-state index is 12.2. The Morgan fingerprint density at radius 3 is 2.37 bits per heavy atom. The van der Waals surface area contributed by atoms with Crippen molar-refractivity contribution in [3.8, 4) is 0 Å². The van der Waals surface area contributed by atoms with Gasteiger partial charge in [-0.3, -0.25) is 4.79 Å². The molecule has 0 aromatic heterocycles. The number of thiocarbonyl (C=S) groups is 1. The van der Waals surface area contributed by atoms with Gasteiger partial charge in [-0.25, -0.2) is 0 Å². The number of hydrogen-bond acceptors (Lipinski definition) is 2. The lowest BCUT2D eigenvalue weighted by molar-refractivity contribution is -0.132. The highest BCUT2D eigenvalue weighted by Gasteiger charge is 2.50. The zero-order valence-corrected chi connectivity index (χ0v) is 13.2. The molecule has 0 spiro atoms. The minimum absolute atomic E-state index is 0.0478. The van der Waals surface area contributed by atoms with E-state index in [0.717, 1.165) is 25.8 Å². The number of hydrogen-bond donors (Lipinski definition) is 2. The van der Waals surface area contributed by atoms with E-state index in [0.29, 0.717) is 10.9 Å². The quantitative estimate of drug-likeness (QED) is 0.505. The molecule has 0 unspecified atom stereocenters. The second-order valence-electron chi connectivity index (χ2n) is 5.98. The fourth-order valence-corrected chi connectivity index (χ4v) is 3.16. The Morgan fingerprint density at radius 1 is 1.26 bits per heavy atom. The first kappa shape index (κ1) is 16.4. The van der Waals surface area contributed by atoms with Crippen LogP contribution in [0.3, 0.4) is 0 Å². The third kappa shape index (κ3) is 4.44. The van der Waals surface area contributed by atoms with Gasteiger partial charge in [-0.05, 0) is 25.2 Å². The van der Waals surface area contributed by atoms with E-state index in [9.17, 15) is 4.79 Å². The molecule has 0 atom stereocenters. The van der Waals surface area contributed by atoms with Crippen LogP contribution in [0.2, 0.25) is 0 Å². The minimum atomic E-state index is -0.545. The van der Waals surface area contributed by atoms with E-state index >= 15 is 0 Å². The lowest BCUT2D eigenvalue weighted by Gasteiger charge is -2.44. The lowest BCUT2D eigenvalue weighted by Crippen LogP contribution is -2.56. The maximum Gasteiger partial charge on any atom is 0.233 e. The van der Waals surface area contributed by atoms with Gasteiger partial charge in [0.05, 0.1) is 10.4 Å². The zero-order valence-electron chi connectivity index (χ0n) is 12.3. The molecule has 1 aliphatic carbocycles. The topological polar surface area (TPSA) is 55.1 Å². The third-order valence-corrected chi connectivity index (χ3v) is 4.51. The first-order valence-corrected chi connectivity index (χ1v) is 8.02. The van der Waals surface area contributed by atoms with Crippen LogP contribution >= 0.6 is 12.2 Å². The number of unbranched alkanes of at least 4 members (excludes halogenated alkanes) is 5. The Bertz CT molecular complexity index is 311. The molecule has 0 aliphatic heterocycles. The van der Waals surface area contributed by atoms with Crippen molar-refractivity contribution >= 4 is 23.1 Å². The number of nitrogens with one attached hydrogen (secondary N) is 1. The average Bonchev–Trinajstić information content (AvgIpc) is 2.33. The van der Waals surface area contributed by atoms with Crippen LogP contribution in [0.15, 0.2) is 0 Å². The van der Waals surface area contributed by atoms with Gasteiger partial charge in [0.25, 0.3) is 0 Å². The van der Waals surface area contributed by atoms with Gasteiger partial charge in [-0.1, -0.05) is 58.2 Å². The molecule has 1 fully saturated rings. The molecule has 0 aromatic carbocycles. The highest BCUT2D eigenvalue weighted by Crippen LogP contribution is 2.45. The number of nitrogens with two attached hydrogens (primary N) is 1. The van der Waals surface area contributed by atoms with Crippen LogP contribution in [0.5, 0.6) is 0 Å². The highest BCUT2D eigenvalue weighted by molar-refractivity contribution is 7.80. The molecule has 1 aliphatic rings. The van der Waals surface area contributed by atoms with Crippen LogP contribution in [-0.4, -0.2) is 17.4 Å². The third-order valence-electron chi connectivity index (χ3n) is 4.12. The van der Waals surface area contributed by atoms with Crippen molar-refractivity contribution in [1.29, 1.82) is 0 Å². The van der Waals surface area contributed by atoms with E-state index in [2.05, 4.69) is 19.2 Å². The van der Waals surface area contributed by atoms with Crippen LogP contribution in [0, 0.1) is 11.3 Å². The summed E-state index contributed by atoms with van der Waals surface area (Å²) in [7, 11) is 0. The van der Waals surface area contributed by atoms with Crippen LogP contribution in [0.4, 0.5) is 0 Å². The summed E-state index contributed by atoms with van der Waals surface area (Å²) in [4.78, 5) is 12.6. The van der Waals surface area contributed by atoms with Gasteiger partial charge in [-0.15, -0.1) is 0 Å². The molecule has 3 nitrogen and oxygen atoms in total. The van der Waals surface area contributed by atoms with Gasteiger partial charge >= 0.3 is 0 Å². The van der Waals surface area contributed by atoms with E-state index in [1.54, 1.807) is 0 Å². The molecule has 0 radical (unpaired) electrons. The smallest absolute Gasteiger partial charge is 0.233 e. The molecule has 0 aromatic rings. The molecule has 3 N–H and O–H groups in total. The average molecular weight is 284 g/mol. The normalized spacial score (nSPS) is 25.7. The Labute approximate surface area is 122 Å². The molecule has 4 heteroatoms. The Hall–Kier alpha value is -0.640. The van der Waals surface area contributed by atoms with Gasteiger partial charge in [-0.2, -0.15) is 0 Å². The number of carbonyl (C=O) groups is 1. The standard InChI is InChI=1S/C15H28N2OS/c1-3-4-5-6-7-8-9-17-14(18)15(13(16)19)10-12(2)11-15/h12H,3-11H2,1-2H3,(H2,16,19)(H,17,18). The van der Waals surface area contributed by atoms with E-state index < -0.39 is 5.41 Å². The molecule has 1 rings (SSSR count). The molecule has 110 valence electrons. The molecule has 0 heterocycles. The van der Waals surface area contributed by atoms with Crippen molar-refractivity contribution in [2.75, 3.05) is 6.54 Å². The van der Waals surface area contributed by atoms with Gasteiger partial charge in [0, 0.05) is 6.54 Å². The molecule has 19 heavy (non-hydrogen) atoms. The second kappa shape index (κ2) is 7.83. The van der Waals surface area contributed by atoms with Crippen molar-refractivity contribution in [3.63, 3.8) is 0 Å². The van der Waals surface area contributed by atoms with E-state index in [1.165, 1.54) is 32.1 Å². The predicted octanol–water partition coefficient (Wildman–Crippen LogP) is 3.17. The summed E-state index contributed by atoms with van der Waals surface area (Å²) in [6.07, 6.45) is 9.02. The van der Waals surface area contributed by atoms with Crippen molar-refractivity contribution in [3.05, 3.63) is 0 Å². The van der Waals surface area contributed by atoms with E-state index in [-0.39, 0.29) is 5.91 Å². The monoisotopic (exact) mass is 284 g/mol. The minimum Gasteiger partial charge on any atom is -0.392 e. The SMILES string of the molecule is CCCCCCCCNC(=O)C1(C(N)=S)CC(C)C1. The summed E-state index contributed by atoms with van der Waals surface area (Å²) in [6.45, 7) is 5.11. The van der Waals surface area contributed by atoms with Crippen LogP contribution in [0.1, 0.15) is 65.2 Å². The number of carbonyl (C=O) groups excluding carboxylic acids is 1. The Kier molecular flexibility index (Phi) is 6.76. The molecular formula is C15H28N2OS. The summed E-state index contributed by atoms with van der Waals surface area (Å²) in [5, 5.41) is 3.01. The first-order chi connectivity index (χ1) is 9.03. The molecule has 0 saturated heterocycles.